The van der Waals surface area contributed by atoms with E-state index < -0.39 is 4.84 Å². The summed E-state index contributed by atoms with van der Waals surface area (Å²) in [4.78, 5) is 10.8. The fourth-order valence-corrected chi connectivity index (χ4v) is 2.06. The molecule has 1 aliphatic carbocycles. The molecule has 0 saturated heterocycles. The lowest BCUT2D eigenvalue weighted by atomic mass is 9.88. The molecule has 0 saturated carbocycles. The predicted molar refractivity (Wildman–Crippen MR) is 56.2 cm³/mol. The van der Waals surface area contributed by atoms with Gasteiger partial charge in [-0.15, -0.1) is 0 Å². The van der Waals surface area contributed by atoms with Gasteiger partial charge in [0.05, 0.1) is 0 Å². The van der Waals surface area contributed by atoms with Crippen LogP contribution in [0, 0.1) is 0 Å². The van der Waals surface area contributed by atoms with Crippen LogP contribution in [0.4, 0.5) is 0 Å². The van der Waals surface area contributed by atoms with Crippen molar-refractivity contribution in [3.05, 3.63) is 22.3 Å². The standard InChI is InChI=1S/C10H12Cl2O/c1-5-4-8(13)9(10(11)12)7(3)6(5)2/h10H,4H2,1-3H3. The molecule has 1 aliphatic rings. The lowest BCUT2D eigenvalue weighted by Crippen LogP contribution is -2.16. The average Bonchev–Trinajstić information content (AvgIpc) is 1.99. The molecule has 0 spiro atoms. The van der Waals surface area contributed by atoms with E-state index in [1.54, 1.807) is 0 Å². The summed E-state index contributed by atoms with van der Waals surface area (Å²) in [5.74, 6) is 0.0515. The Morgan fingerprint density at radius 3 is 2.15 bits per heavy atom. The number of ketones is 1. The molecule has 3 heteroatoms. The lowest BCUT2D eigenvalue weighted by Gasteiger charge is -2.20. The van der Waals surface area contributed by atoms with Gasteiger partial charge < -0.3 is 0 Å². The number of hydrogen-bond acceptors (Lipinski definition) is 1. The van der Waals surface area contributed by atoms with Crippen LogP contribution in [-0.4, -0.2) is 10.6 Å². The van der Waals surface area contributed by atoms with E-state index in [4.69, 9.17) is 23.2 Å². The number of Topliss-reactive ketones (excluding diaryl/α,β-unsaturated/α-hetero) is 1. The number of allylic oxidation sites excluding steroid dienone is 4. The first-order valence-corrected chi connectivity index (χ1v) is 5.01. The van der Waals surface area contributed by atoms with E-state index in [1.165, 1.54) is 0 Å². The summed E-state index contributed by atoms with van der Waals surface area (Å²) in [6.45, 7) is 5.85. The van der Waals surface area contributed by atoms with Crippen molar-refractivity contribution in [3.8, 4) is 0 Å². The van der Waals surface area contributed by atoms with Gasteiger partial charge in [0.2, 0.25) is 0 Å². The molecule has 72 valence electrons. The largest absolute Gasteiger partial charge is 0.294 e. The average molecular weight is 219 g/mol. The maximum Gasteiger partial charge on any atom is 0.165 e. The van der Waals surface area contributed by atoms with E-state index >= 15 is 0 Å². The summed E-state index contributed by atoms with van der Waals surface area (Å²) in [5.41, 5.74) is 3.75. The molecular weight excluding hydrogens is 207 g/mol. The predicted octanol–water partition coefficient (Wildman–Crippen LogP) is 3.42. The molecule has 0 N–H and O–H groups in total. The van der Waals surface area contributed by atoms with Crippen molar-refractivity contribution in [2.24, 2.45) is 0 Å². The molecule has 0 aromatic carbocycles. The lowest BCUT2D eigenvalue weighted by molar-refractivity contribution is -0.115. The van der Waals surface area contributed by atoms with Crippen molar-refractivity contribution in [3.63, 3.8) is 0 Å². The SMILES string of the molecule is CC1=C(C)C(C)=C(C(Cl)Cl)C(=O)C1. The minimum Gasteiger partial charge on any atom is -0.294 e. The van der Waals surface area contributed by atoms with Gasteiger partial charge in [0.25, 0.3) is 0 Å². The molecule has 0 heterocycles. The van der Waals surface area contributed by atoms with E-state index in [0.717, 1.165) is 16.7 Å². The zero-order chi connectivity index (χ0) is 10.2. The number of carbonyl (C=O) groups is 1. The minimum absolute atomic E-state index is 0.0515. The highest BCUT2D eigenvalue weighted by molar-refractivity contribution is 6.48. The third kappa shape index (κ3) is 1.97. The first kappa shape index (κ1) is 10.8. The third-order valence-corrected chi connectivity index (χ3v) is 2.99. The Hall–Kier alpha value is -0.270. The number of rotatable bonds is 1. The summed E-state index contributed by atoms with van der Waals surface area (Å²) in [6.07, 6.45) is 0.453. The third-order valence-electron chi connectivity index (χ3n) is 2.55. The number of halogens is 2. The molecule has 0 unspecified atom stereocenters. The van der Waals surface area contributed by atoms with Gasteiger partial charge in [-0.05, 0) is 31.9 Å². The molecule has 0 aliphatic heterocycles. The van der Waals surface area contributed by atoms with Crippen LogP contribution >= 0.6 is 23.2 Å². The summed E-state index contributed by atoms with van der Waals surface area (Å²) < 4.78 is 0. The van der Waals surface area contributed by atoms with Crippen LogP contribution < -0.4 is 0 Å². The van der Waals surface area contributed by atoms with Crippen LogP contribution in [0.15, 0.2) is 22.3 Å². The molecule has 0 aromatic heterocycles. The van der Waals surface area contributed by atoms with E-state index in [-0.39, 0.29) is 5.78 Å². The van der Waals surface area contributed by atoms with Crippen molar-refractivity contribution >= 4 is 29.0 Å². The van der Waals surface area contributed by atoms with Crippen LogP contribution in [0.1, 0.15) is 27.2 Å². The Labute approximate surface area is 88.4 Å². The van der Waals surface area contributed by atoms with Crippen LogP contribution in [0.5, 0.6) is 0 Å². The van der Waals surface area contributed by atoms with Crippen molar-refractivity contribution in [1.82, 2.24) is 0 Å². The first-order valence-electron chi connectivity index (χ1n) is 4.14. The summed E-state index contributed by atoms with van der Waals surface area (Å²) in [5, 5.41) is 0. The molecule has 0 radical (unpaired) electrons. The number of alkyl halides is 2. The van der Waals surface area contributed by atoms with E-state index in [2.05, 4.69) is 0 Å². The highest BCUT2D eigenvalue weighted by atomic mass is 35.5. The summed E-state index contributed by atoms with van der Waals surface area (Å²) >= 11 is 11.4. The number of carbonyl (C=O) groups excluding carboxylic acids is 1. The molecular formula is C10H12Cl2O. The van der Waals surface area contributed by atoms with Gasteiger partial charge in [-0.2, -0.15) is 0 Å². The summed E-state index contributed by atoms with van der Waals surface area (Å²) in [6, 6.07) is 0. The molecule has 13 heavy (non-hydrogen) atoms. The van der Waals surface area contributed by atoms with E-state index in [1.807, 2.05) is 20.8 Å². The highest BCUT2D eigenvalue weighted by Gasteiger charge is 2.25. The van der Waals surface area contributed by atoms with Crippen molar-refractivity contribution in [2.75, 3.05) is 0 Å². The van der Waals surface area contributed by atoms with Crippen molar-refractivity contribution in [2.45, 2.75) is 32.0 Å². The van der Waals surface area contributed by atoms with Gasteiger partial charge in [-0.1, -0.05) is 28.8 Å². The van der Waals surface area contributed by atoms with Crippen molar-refractivity contribution < 1.29 is 4.79 Å². The Morgan fingerprint density at radius 1 is 1.15 bits per heavy atom. The van der Waals surface area contributed by atoms with Crippen LogP contribution in [0.3, 0.4) is 0 Å². The smallest absolute Gasteiger partial charge is 0.165 e. The molecule has 1 rings (SSSR count). The van der Waals surface area contributed by atoms with Crippen LogP contribution in [0.25, 0.3) is 0 Å². The molecule has 1 nitrogen and oxygen atoms in total. The monoisotopic (exact) mass is 218 g/mol. The van der Waals surface area contributed by atoms with Crippen LogP contribution in [0.2, 0.25) is 0 Å². The maximum atomic E-state index is 11.5. The zero-order valence-electron chi connectivity index (χ0n) is 7.95. The fraction of sp³-hybridized carbons (Fsp3) is 0.500. The van der Waals surface area contributed by atoms with Gasteiger partial charge in [0.15, 0.2) is 5.78 Å². The molecule has 0 fully saturated rings. The maximum absolute atomic E-state index is 11.5. The highest BCUT2D eigenvalue weighted by Crippen LogP contribution is 2.32. The quantitative estimate of drug-likeness (QED) is 0.617. The second-order valence-electron chi connectivity index (χ2n) is 3.34. The van der Waals surface area contributed by atoms with Crippen LogP contribution in [-0.2, 0) is 4.79 Å². The Morgan fingerprint density at radius 2 is 1.69 bits per heavy atom. The Kier molecular flexibility index (Phi) is 3.20. The van der Waals surface area contributed by atoms with Gasteiger partial charge in [-0.25, -0.2) is 0 Å². The second-order valence-corrected chi connectivity index (χ2v) is 4.44. The number of hydrogen-bond donors (Lipinski definition) is 0. The Bertz CT molecular complexity index is 311. The molecule has 0 aromatic rings. The van der Waals surface area contributed by atoms with Gasteiger partial charge >= 0.3 is 0 Å². The topological polar surface area (TPSA) is 17.1 Å². The first-order chi connectivity index (χ1) is 5.95. The minimum atomic E-state index is -0.699. The normalized spacial score (nSPS) is 19.1. The van der Waals surface area contributed by atoms with Gasteiger partial charge in [-0.3, -0.25) is 4.79 Å². The van der Waals surface area contributed by atoms with E-state index in [9.17, 15) is 4.79 Å². The van der Waals surface area contributed by atoms with Crippen molar-refractivity contribution in [1.29, 1.82) is 0 Å². The molecule has 0 bridgehead atoms. The Balaban J connectivity index is 3.22. The van der Waals surface area contributed by atoms with Gasteiger partial charge in [0, 0.05) is 12.0 Å². The van der Waals surface area contributed by atoms with Gasteiger partial charge in [0.1, 0.15) is 4.84 Å². The molecule has 0 atom stereocenters. The second kappa shape index (κ2) is 3.85. The zero-order valence-corrected chi connectivity index (χ0v) is 9.46. The molecule has 0 amide bonds. The fourth-order valence-electron chi connectivity index (χ4n) is 1.49. The van der Waals surface area contributed by atoms with E-state index in [0.29, 0.717) is 12.0 Å². The summed E-state index contributed by atoms with van der Waals surface area (Å²) in [7, 11) is 0.